The molecule has 1 aliphatic rings. The number of halogens is 1. The number of piperidine rings is 1. The molecule has 1 N–H and O–H groups in total. The van der Waals surface area contributed by atoms with Gasteiger partial charge in [0.25, 0.3) is 5.91 Å². The lowest BCUT2D eigenvalue weighted by Crippen LogP contribution is -2.39. The first kappa shape index (κ1) is 19.0. The molecule has 1 fully saturated rings. The van der Waals surface area contributed by atoms with Crippen LogP contribution in [0.3, 0.4) is 0 Å². The first-order valence-electron chi connectivity index (χ1n) is 8.04. The van der Waals surface area contributed by atoms with E-state index in [2.05, 4.69) is 24.4 Å². The predicted octanol–water partition coefficient (Wildman–Crippen LogP) is 3.50. The van der Waals surface area contributed by atoms with Crippen molar-refractivity contribution in [1.82, 2.24) is 10.2 Å². The third-order valence-corrected chi connectivity index (χ3v) is 4.60. The molecule has 0 aliphatic carbocycles. The number of nitrogens with one attached hydrogen (secondary N) is 1. The summed E-state index contributed by atoms with van der Waals surface area (Å²) in [6.07, 6.45) is 3.50. The lowest BCUT2D eigenvalue weighted by molar-refractivity contribution is 0.0685. The topological polar surface area (TPSA) is 32.3 Å². The van der Waals surface area contributed by atoms with Crippen molar-refractivity contribution >= 4 is 18.3 Å². The smallest absolute Gasteiger partial charge is 0.254 e. The second kappa shape index (κ2) is 8.54. The van der Waals surface area contributed by atoms with Crippen molar-refractivity contribution in [3.8, 4) is 0 Å². The highest BCUT2D eigenvalue weighted by Gasteiger charge is 2.25. The maximum atomic E-state index is 12.8. The van der Waals surface area contributed by atoms with Gasteiger partial charge >= 0.3 is 0 Å². The van der Waals surface area contributed by atoms with E-state index in [0.717, 1.165) is 55.1 Å². The number of carbonyl (C=O) groups is 1. The minimum absolute atomic E-state index is 0. The molecule has 2 rings (SSSR count). The number of amides is 1. The molecule has 1 aliphatic heterocycles. The SMILES string of the molecule is CNCCC1CCN(C(=O)c2c(C)cc(C)cc2C)CC1.Cl. The highest BCUT2D eigenvalue weighted by Crippen LogP contribution is 2.24. The molecule has 1 saturated heterocycles. The van der Waals surface area contributed by atoms with Crippen LogP contribution in [0.2, 0.25) is 0 Å². The van der Waals surface area contributed by atoms with Crippen molar-refractivity contribution in [2.75, 3.05) is 26.7 Å². The van der Waals surface area contributed by atoms with E-state index in [4.69, 9.17) is 0 Å². The molecule has 0 bridgehead atoms. The molecule has 1 aromatic carbocycles. The zero-order chi connectivity index (χ0) is 15.4. The number of nitrogens with zero attached hydrogens (tertiary/aromatic N) is 1. The molecule has 1 aromatic rings. The van der Waals surface area contributed by atoms with Crippen LogP contribution in [0.1, 0.15) is 46.3 Å². The maximum absolute atomic E-state index is 12.8. The number of aryl methyl sites for hydroxylation is 3. The van der Waals surface area contributed by atoms with Gasteiger partial charge in [-0.25, -0.2) is 0 Å². The van der Waals surface area contributed by atoms with E-state index >= 15 is 0 Å². The molecule has 1 heterocycles. The molecule has 3 nitrogen and oxygen atoms in total. The number of hydrogen-bond donors (Lipinski definition) is 1. The molecule has 0 unspecified atom stereocenters. The van der Waals surface area contributed by atoms with Gasteiger partial charge in [0.05, 0.1) is 0 Å². The summed E-state index contributed by atoms with van der Waals surface area (Å²) >= 11 is 0. The van der Waals surface area contributed by atoms with E-state index < -0.39 is 0 Å². The third-order valence-electron chi connectivity index (χ3n) is 4.60. The molecule has 0 radical (unpaired) electrons. The fraction of sp³-hybridized carbons (Fsp3) is 0.611. The summed E-state index contributed by atoms with van der Waals surface area (Å²) in [5.41, 5.74) is 4.35. The molecule has 0 saturated carbocycles. The fourth-order valence-corrected chi connectivity index (χ4v) is 3.45. The van der Waals surface area contributed by atoms with Gasteiger partial charge in [-0.05, 0) is 70.7 Å². The van der Waals surface area contributed by atoms with Gasteiger partial charge in [-0.2, -0.15) is 0 Å². The summed E-state index contributed by atoms with van der Waals surface area (Å²) in [6, 6.07) is 4.22. The third kappa shape index (κ3) is 4.47. The number of rotatable bonds is 4. The molecular weight excluding hydrogens is 296 g/mol. The second-order valence-corrected chi connectivity index (χ2v) is 6.40. The number of benzene rings is 1. The van der Waals surface area contributed by atoms with Crippen LogP contribution in [-0.2, 0) is 0 Å². The molecule has 4 heteroatoms. The Hall–Kier alpha value is -1.06. The number of hydrogen-bond acceptors (Lipinski definition) is 2. The van der Waals surface area contributed by atoms with Crippen molar-refractivity contribution in [2.24, 2.45) is 5.92 Å². The van der Waals surface area contributed by atoms with Crippen LogP contribution in [0.5, 0.6) is 0 Å². The van der Waals surface area contributed by atoms with E-state index in [1.165, 1.54) is 12.0 Å². The standard InChI is InChI=1S/C18H28N2O.ClH/c1-13-11-14(2)17(15(3)12-13)18(21)20-9-6-16(7-10-20)5-8-19-4;/h11-12,16,19H,5-10H2,1-4H3;1H. The van der Waals surface area contributed by atoms with E-state index in [9.17, 15) is 4.79 Å². The predicted molar refractivity (Wildman–Crippen MR) is 95.1 cm³/mol. The van der Waals surface area contributed by atoms with Crippen LogP contribution in [0, 0.1) is 26.7 Å². The molecule has 124 valence electrons. The Morgan fingerprint density at radius 2 is 1.73 bits per heavy atom. The first-order chi connectivity index (χ1) is 10.0. The molecule has 0 aromatic heterocycles. The lowest BCUT2D eigenvalue weighted by atomic mass is 9.92. The van der Waals surface area contributed by atoms with Crippen molar-refractivity contribution in [3.05, 3.63) is 34.4 Å². The van der Waals surface area contributed by atoms with Crippen LogP contribution < -0.4 is 5.32 Å². The van der Waals surface area contributed by atoms with Gasteiger partial charge in [0.1, 0.15) is 0 Å². The van der Waals surface area contributed by atoms with Crippen LogP contribution in [-0.4, -0.2) is 37.5 Å². The highest BCUT2D eigenvalue weighted by molar-refractivity contribution is 5.97. The average Bonchev–Trinajstić information content (AvgIpc) is 2.44. The Bertz CT molecular complexity index is 485. The van der Waals surface area contributed by atoms with Gasteiger partial charge in [-0.1, -0.05) is 17.7 Å². The first-order valence-corrected chi connectivity index (χ1v) is 8.04. The zero-order valence-electron chi connectivity index (χ0n) is 14.2. The van der Waals surface area contributed by atoms with Gasteiger partial charge < -0.3 is 10.2 Å². The van der Waals surface area contributed by atoms with Crippen molar-refractivity contribution < 1.29 is 4.79 Å². The Morgan fingerprint density at radius 3 is 2.23 bits per heavy atom. The second-order valence-electron chi connectivity index (χ2n) is 6.40. The van der Waals surface area contributed by atoms with E-state index in [-0.39, 0.29) is 18.3 Å². The minimum atomic E-state index is 0. The lowest BCUT2D eigenvalue weighted by Gasteiger charge is -2.32. The summed E-state index contributed by atoms with van der Waals surface area (Å²) in [5.74, 6) is 0.985. The normalized spacial score (nSPS) is 15.5. The number of carbonyl (C=O) groups excluding carboxylic acids is 1. The zero-order valence-corrected chi connectivity index (χ0v) is 15.1. The summed E-state index contributed by atoms with van der Waals surface area (Å²) < 4.78 is 0. The Balaban J connectivity index is 0.00000242. The van der Waals surface area contributed by atoms with Gasteiger partial charge in [0, 0.05) is 18.7 Å². The van der Waals surface area contributed by atoms with Crippen LogP contribution in [0.25, 0.3) is 0 Å². The van der Waals surface area contributed by atoms with Gasteiger partial charge in [-0.15, -0.1) is 12.4 Å². The molecular formula is C18H29ClN2O. The van der Waals surface area contributed by atoms with E-state index in [1.54, 1.807) is 0 Å². The average molecular weight is 325 g/mol. The van der Waals surface area contributed by atoms with Crippen LogP contribution in [0.4, 0.5) is 0 Å². The van der Waals surface area contributed by atoms with Crippen molar-refractivity contribution in [1.29, 1.82) is 0 Å². The van der Waals surface area contributed by atoms with Gasteiger partial charge in [0.2, 0.25) is 0 Å². The van der Waals surface area contributed by atoms with Crippen LogP contribution >= 0.6 is 12.4 Å². The highest BCUT2D eigenvalue weighted by atomic mass is 35.5. The van der Waals surface area contributed by atoms with Gasteiger partial charge in [0.15, 0.2) is 0 Å². The summed E-state index contributed by atoms with van der Waals surface area (Å²) in [5, 5.41) is 3.21. The molecule has 0 spiro atoms. The molecule has 0 atom stereocenters. The molecule has 22 heavy (non-hydrogen) atoms. The van der Waals surface area contributed by atoms with Crippen LogP contribution in [0.15, 0.2) is 12.1 Å². The Morgan fingerprint density at radius 1 is 1.18 bits per heavy atom. The van der Waals surface area contributed by atoms with Crippen molar-refractivity contribution in [2.45, 2.75) is 40.0 Å². The monoisotopic (exact) mass is 324 g/mol. The van der Waals surface area contributed by atoms with Gasteiger partial charge in [-0.3, -0.25) is 4.79 Å². The minimum Gasteiger partial charge on any atom is -0.339 e. The quantitative estimate of drug-likeness (QED) is 0.919. The summed E-state index contributed by atoms with van der Waals surface area (Å²) in [6.45, 7) is 9.07. The number of likely N-dealkylation sites (tertiary alicyclic amines) is 1. The maximum Gasteiger partial charge on any atom is 0.254 e. The fourth-order valence-electron chi connectivity index (χ4n) is 3.45. The molecule has 1 amide bonds. The summed E-state index contributed by atoms with van der Waals surface area (Å²) in [7, 11) is 2.00. The largest absolute Gasteiger partial charge is 0.339 e. The Labute approximate surface area is 140 Å². The summed E-state index contributed by atoms with van der Waals surface area (Å²) in [4.78, 5) is 14.8. The Kier molecular flexibility index (Phi) is 7.37. The van der Waals surface area contributed by atoms with Crippen molar-refractivity contribution in [3.63, 3.8) is 0 Å². The van der Waals surface area contributed by atoms with E-state index in [1.807, 2.05) is 25.8 Å². The van der Waals surface area contributed by atoms with E-state index in [0.29, 0.717) is 0 Å².